The van der Waals surface area contributed by atoms with Crippen molar-refractivity contribution in [3.05, 3.63) is 47.5 Å². The lowest BCUT2D eigenvalue weighted by Crippen LogP contribution is -2.45. The molecular weight excluding hydrogens is 372 g/mol. The Kier molecular flexibility index (Phi) is 10.9. The quantitative estimate of drug-likeness (QED) is 0.398. The van der Waals surface area contributed by atoms with E-state index in [2.05, 4.69) is 49.0 Å². The van der Waals surface area contributed by atoms with Crippen LogP contribution in [0.4, 0.5) is 0 Å². The minimum atomic E-state index is 0.445. The molecule has 0 amide bonds. The summed E-state index contributed by atoms with van der Waals surface area (Å²) in [6, 6.07) is 12.4. The first kappa shape index (κ1) is 23.7. The second-order valence-electron chi connectivity index (χ2n) is 7.12. The first-order chi connectivity index (χ1) is 13.5. The Morgan fingerprint density at radius 1 is 0.857 bits per heavy atom. The molecule has 6 heteroatoms. The van der Waals surface area contributed by atoms with Crippen LogP contribution in [0.15, 0.2) is 36.4 Å². The van der Waals surface area contributed by atoms with E-state index in [1.54, 1.807) is 6.07 Å². The summed E-state index contributed by atoms with van der Waals surface area (Å²) in [4.78, 5) is 0. The molecule has 0 aliphatic carbocycles. The molecule has 0 saturated carbocycles. The Balaban J connectivity index is 1.84. The Labute approximate surface area is 185 Å². The van der Waals surface area contributed by atoms with Crippen LogP contribution in [0.25, 0.3) is 0 Å². The Hall–Kier alpha value is -0.600. The van der Waals surface area contributed by atoms with E-state index < -0.39 is 0 Å². The van der Waals surface area contributed by atoms with Gasteiger partial charge >= 0.3 is 0 Å². The van der Waals surface area contributed by atoms with Crippen LogP contribution in [-0.2, 0) is 11.5 Å². The number of unbranched alkanes of at least 4 members (excludes halogenated alkanes) is 2. The largest absolute Gasteiger partial charge is 0.157 e. The van der Waals surface area contributed by atoms with Crippen LogP contribution in [0.3, 0.4) is 0 Å². The van der Waals surface area contributed by atoms with Gasteiger partial charge in [-0.25, -0.2) is 0 Å². The van der Waals surface area contributed by atoms with Gasteiger partial charge < -0.3 is 0 Å². The molecule has 0 aliphatic heterocycles. The van der Waals surface area contributed by atoms with Crippen molar-refractivity contribution in [1.82, 2.24) is 0 Å². The van der Waals surface area contributed by atoms with Crippen molar-refractivity contribution in [3.63, 3.8) is 0 Å². The average Bonchev–Trinajstić information content (AvgIpc) is 2.70. The summed E-state index contributed by atoms with van der Waals surface area (Å²) in [5, 5.41) is 0.686. The summed E-state index contributed by atoms with van der Waals surface area (Å²) >= 11 is 3.95. The maximum absolute atomic E-state index is 6.12. The van der Waals surface area contributed by atoms with Crippen LogP contribution in [0.1, 0.15) is 50.2 Å². The van der Waals surface area contributed by atoms with E-state index in [9.17, 15) is 0 Å². The highest BCUT2D eigenvalue weighted by atomic mass is 32.2. The van der Waals surface area contributed by atoms with Gasteiger partial charge in [-0.1, -0.05) is 73.6 Å². The summed E-state index contributed by atoms with van der Waals surface area (Å²) in [7, 11) is 24.0. The minimum Gasteiger partial charge on any atom is -0.157 e. The van der Waals surface area contributed by atoms with Gasteiger partial charge in [-0.3, -0.25) is 0 Å². The van der Waals surface area contributed by atoms with Crippen molar-refractivity contribution in [2.24, 2.45) is 0 Å². The van der Waals surface area contributed by atoms with Crippen LogP contribution in [0.5, 0.6) is 0 Å². The van der Waals surface area contributed by atoms with Crippen LogP contribution >= 0.6 is 23.5 Å². The Morgan fingerprint density at radius 2 is 1.61 bits per heavy atom. The highest BCUT2D eigenvalue weighted by molar-refractivity contribution is 7.99. The second kappa shape index (κ2) is 12.9. The van der Waals surface area contributed by atoms with Crippen LogP contribution < -0.4 is 21.9 Å². The summed E-state index contributed by atoms with van der Waals surface area (Å²) < 4.78 is 0. The first-order valence-electron chi connectivity index (χ1n) is 9.98. The highest BCUT2D eigenvalue weighted by Crippen LogP contribution is 2.27. The van der Waals surface area contributed by atoms with Crippen molar-refractivity contribution in [3.8, 4) is 0 Å². The van der Waals surface area contributed by atoms with E-state index >= 15 is 0 Å². The van der Waals surface area contributed by atoms with Crippen LogP contribution in [0, 0.1) is 0 Å². The summed E-state index contributed by atoms with van der Waals surface area (Å²) in [6.07, 6.45) is 6.36. The van der Waals surface area contributed by atoms with E-state index in [0.717, 1.165) is 22.8 Å². The standard InChI is InChI=1S/C22H26B4S2/c1-2-3-5-10-17(28-14-16-8-6-4-7-9-16)11-12-27-15-18-19(23)13-20(24)22(26)21(18)25/h4,6-9,13,17H,2-3,5,10-12,14-15H2,1H3. The van der Waals surface area contributed by atoms with Gasteiger partial charge in [0.2, 0.25) is 0 Å². The van der Waals surface area contributed by atoms with Gasteiger partial charge in [0.1, 0.15) is 31.4 Å². The lowest BCUT2D eigenvalue weighted by Gasteiger charge is -2.18. The molecule has 0 fully saturated rings. The van der Waals surface area contributed by atoms with Gasteiger partial charge in [0.25, 0.3) is 0 Å². The fourth-order valence-corrected chi connectivity index (χ4v) is 5.59. The molecule has 0 nitrogen and oxygen atoms in total. The molecule has 0 saturated heterocycles. The van der Waals surface area contributed by atoms with E-state index in [1.807, 2.05) is 11.8 Å². The molecule has 2 aromatic rings. The SMILES string of the molecule is [B]c1cc([B])c(CSCCC(CCCCC)SCc2ccccc2)c([B])c1[B]. The monoisotopic (exact) mass is 398 g/mol. The van der Waals surface area contributed by atoms with Crippen molar-refractivity contribution in [2.75, 3.05) is 5.75 Å². The third-order valence-corrected chi connectivity index (χ3v) is 7.33. The zero-order chi connectivity index (χ0) is 20.4. The molecule has 0 aliphatic rings. The van der Waals surface area contributed by atoms with Crippen molar-refractivity contribution < 1.29 is 0 Å². The van der Waals surface area contributed by atoms with E-state index in [-0.39, 0.29) is 0 Å². The zero-order valence-electron chi connectivity index (χ0n) is 16.8. The van der Waals surface area contributed by atoms with Crippen molar-refractivity contribution in [2.45, 2.75) is 55.8 Å². The lowest BCUT2D eigenvalue weighted by atomic mass is 9.67. The average molecular weight is 398 g/mol. The fourth-order valence-electron chi connectivity index (χ4n) is 3.08. The summed E-state index contributed by atoms with van der Waals surface area (Å²) in [5.41, 5.74) is 4.38. The molecule has 0 N–H and O–H groups in total. The van der Waals surface area contributed by atoms with Crippen molar-refractivity contribution >= 4 is 76.8 Å². The predicted molar refractivity (Wildman–Crippen MR) is 134 cm³/mol. The van der Waals surface area contributed by atoms with Gasteiger partial charge in [0, 0.05) is 16.8 Å². The maximum Gasteiger partial charge on any atom is 0.114 e. The van der Waals surface area contributed by atoms with Gasteiger partial charge in [0.05, 0.1) is 0 Å². The summed E-state index contributed by atoms with van der Waals surface area (Å²) in [5.74, 6) is 2.94. The number of hydrogen-bond donors (Lipinski definition) is 0. The second-order valence-corrected chi connectivity index (χ2v) is 9.51. The Morgan fingerprint density at radius 3 is 2.32 bits per heavy atom. The molecule has 1 atom stereocenters. The Bertz CT molecular complexity index is 722. The molecule has 28 heavy (non-hydrogen) atoms. The number of hydrogen-bond acceptors (Lipinski definition) is 2. The zero-order valence-corrected chi connectivity index (χ0v) is 18.5. The minimum absolute atomic E-state index is 0.445. The molecular formula is C22H26B4S2. The number of benzene rings is 2. The molecule has 2 rings (SSSR count). The van der Waals surface area contributed by atoms with Crippen LogP contribution in [-0.4, -0.2) is 42.4 Å². The predicted octanol–water partition coefficient (Wildman–Crippen LogP) is 2.37. The number of thioether (sulfide) groups is 2. The molecule has 0 spiro atoms. The fraction of sp³-hybridized carbons (Fsp3) is 0.455. The van der Waals surface area contributed by atoms with E-state index in [1.165, 1.54) is 37.7 Å². The molecule has 138 valence electrons. The summed E-state index contributed by atoms with van der Waals surface area (Å²) in [6.45, 7) is 2.26. The number of rotatable bonds is 12. The molecule has 8 radical (unpaired) electrons. The van der Waals surface area contributed by atoms with Gasteiger partial charge in [-0.2, -0.15) is 23.5 Å². The highest BCUT2D eigenvalue weighted by Gasteiger charge is 2.11. The normalized spacial score (nSPS) is 12.2. The van der Waals surface area contributed by atoms with Gasteiger partial charge in [-0.05, 0) is 24.2 Å². The first-order valence-corrected chi connectivity index (χ1v) is 12.2. The third-order valence-electron chi connectivity index (χ3n) is 4.87. The van der Waals surface area contributed by atoms with Gasteiger partial charge in [-0.15, -0.1) is 16.4 Å². The molecule has 2 aromatic carbocycles. The third kappa shape index (κ3) is 7.67. The van der Waals surface area contributed by atoms with Crippen LogP contribution in [0.2, 0.25) is 0 Å². The molecule has 1 unspecified atom stereocenters. The lowest BCUT2D eigenvalue weighted by molar-refractivity contribution is 0.637. The maximum atomic E-state index is 6.12. The van der Waals surface area contributed by atoms with Crippen molar-refractivity contribution in [1.29, 1.82) is 0 Å². The smallest absolute Gasteiger partial charge is 0.114 e. The molecule has 0 bridgehead atoms. The molecule has 0 aromatic heterocycles. The molecule has 0 heterocycles. The van der Waals surface area contributed by atoms with E-state index in [4.69, 9.17) is 31.4 Å². The topological polar surface area (TPSA) is 0 Å². The van der Waals surface area contributed by atoms with Gasteiger partial charge in [0.15, 0.2) is 0 Å². The van der Waals surface area contributed by atoms with E-state index in [0.29, 0.717) is 27.1 Å².